The van der Waals surface area contributed by atoms with E-state index < -0.39 is 0 Å². The van der Waals surface area contributed by atoms with E-state index in [9.17, 15) is 10.2 Å². The number of phenolic OH excluding ortho intramolecular Hbond substituents is 2. The Morgan fingerprint density at radius 2 is 1.56 bits per heavy atom. The topological polar surface area (TPSA) is 52.9 Å². The summed E-state index contributed by atoms with van der Waals surface area (Å²) < 4.78 is 7.04. The van der Waals surface area contributed by atoms with E-state index in [1.165, 1.54) is 36.4 Å². The molecule has 2 heterocycles. The molecular weight excluding hydrogens is 418 g/mol. The lowest BCUT2D eigenvalue weighted by molar-refractivity contribution is 0.238. The average Bonchev–Trinajstić information content (AvgIpc) is 3.44. The SMILES string of the molecule is Oc1ccc(Cc2c(-c3ccc(OCCN4CCCC4)cc3)sc3cc(O)ccc23)cc1. The van der Waals surface area contributed by atoms with Crippen molar-refractivity contribution in [2.75, 3.05) is 26.2 Å². The Balaban J connectivity index is 1.40. The number of ether oxygens (including phenoxy) is 1. The summed E-state index contributed by atoms with van der Waals surface area (Å²) in [6.07, 6.45) is 3.36. The maximum absolute atomic E-state index is 9.98. The zero-order valence-corrected chi connectivity index (χ0v) is 18.8. The summed E-state index contributed by atoms with van der Waals surface area (Å²) in [5, 5.41) is 20.8. The fourth-order valence-corrected chi connectivity index (χ4v) is 5.63. The third-order valence-corrected chi connectivity index (χ3v) is 7.33. The maximum atomic E-state index is 9.98. The minimum absolute atomic E-state index is 0.273. The first-order valence-corrected chi connectivity index (χ1v) is 12.0. The van der Waals surface area contributed by atoms with Gasteiger partial charge in [-0.05, 0) is 109 Å². The average molecular weight is 446 g/mol. The molecule has 1 saturated heterocycles. The van der Waals surface area contributed by atoms with Crippen LogP contribution >= 0.6 is 11.3 Å². The molecule has 0 aliphatic carbocycles. The van der Waals surface area contributed by atoms with Crippen LogP contribution in [0.5, 0.6) is 17.2 Å². The smallest absolute Gasteiger partial charge is 0.119 e. The van der Waals surface area contributed by atoms with Crippen molar-refractivity contribution in [2.45, 2.75) is 19.3 Å². The van der Waals surface area contributed by atoms with Crippen molar-refractivity contribution < 1.29 is 14.9 Å². The molecule has 0 spiro atoms. The van der Waals surface area contributed by atoms with Crippen LogP contribution in [-0.2, 0) is 6.42 Å². The lowest BCUT2D eigenvalue weighted by Gasteiger charge is -2.15. The Kier molecular flexibility index (Phi) is 6.02. The molecule has 1 aliphatic rings. The molecule has 32 heavy (non-hydrogen) atoms. The van der Waals surface area contributed by atoms with Gasteiger partial charge in [0.1, 0.15) is 23.9 Å². The fourth-order valence-electron chi connectivity index (χ4n) is 4.37. The highest BCUT2D eigenvalue weighted by atomic mass is 32.1. The molecule has 164 valence electrons. The molecule has 0 amide bonds. The predicted octanol–water partition coefficient (Wildman–Crippen LogP) is 6.04. The van der Waals surface area contributed by atoms with Crippen LogP contribution in [-0.4, -0.2) is 41.4 Å². The highest BCUT2D eigenvalue weighted by Gasteiger charge is 2.16. The minimum atomic E-state index is 0.273. The van der Waals surface area contributed by atoms with E-state index in [4.69, 9.17) is 4.74 Å². The van der Waals surface area contributed by atoms with Gasteiger partial charge in [0.2, 0.25) is 0 Å². The van der Waals surface area contributed by atoms with Crippen LogP contribution in [0.4, 0.5) is 0 Å². The molecule has 0 unspecified atom stereocenters. The zero-order chi connectivity index (χ0) is 21.9. The number of nitrogens with zero attached hydrogens (tertiary/aromatic N) is 1. The van der Waals surface area contributed by atoms with Gasteiger partial charge < -0.3 is 14.9 Å². The van der Waals surface area contributed by atoms with Crippen LogP contribution in [0.2, 0.25) is 0 Å². The summed E-state index contributed by atoms with van der Waals surface area (Å²) in [5.74, 6) is 1.45. The quantitative estimate of drug-likeness (QED) is 0.364. The largest absolute Gasteiger partial charge is 0.508 e. The molecular formula is C27H27NO3S. The molecule has 1 aliphatic heterocycles. The zero-order valence-electron chi connectivity index (χ0n) is 18.0. The van der Waals surface area contributed by atoms with Gasteiger partial charge in [-0.2, -0.15) is 0 Å². The summed E-state index contributed by atoms with van der Waals surface area (Å²) in [7, 11) is 0. The van der Waals surface area contributed by atoms with Gasteiger partial charge in [0, 0.05) is 16.1 Å². The van der Waals surface area contributed by atoms with Gasteiger partial charge in [-0.15, -0.1) is 11.3 Å². The first-order valence-electron chi connectivity index (χ1n) is 11.1. The van der Waals surface area contributed by atoms with Gasteiger partial charge in [0.25, 0.3) is 0 Å². The van der Waals surface area contributed by atoms with Crippen molar-refractivity contribution in [3.63, 3.8) is 0 Å². The highest BCUT2D eigenvalue weighted by Crippen LogP contribution is 2.41. The van der Waals surface area contributed by atoms with E-state index in [1.807, 2.05) is 36.4 Å². The first-order chi connectivity index (χ1) is 15.7. The lowest BCUT2D eigenvalue weighted by Crippen LogP contribution is -2.25. The molecule has 1 aromatic heterocycles. The number of hydrogen-bond donors (Lipinski definition) is 2. The fraction of sp³-hybridized carbons (Fsp3) is 0.259. The van der Waals surface area contributed by atoms with Crippen molar-refractivity contribution in [2.24, 2.45) is 0 Å². The number of fused-ring (bicyclic) bond motifs is 1. The Bertz CT molecular complexity index is 1190. The van der Waals surface area contributed by atoms with Gasteiger partial charge in [-0.25, -0.2) is 0 Å². The first kappa shape index (κ1) is 20.9. The Morgan fingerprint density at radius 3 is 2.31 bits per heavy atom. The van der Waals surface area contributed by atoms with Crippen LogP contribution < -0.4 is 4.74 Å². The number of thiophene rings is 1. The molecule has 0 saturated carbocycles. The molecule has 1 fully saturated rings. The number of hydrogen-bond acceptors (Lipinski definition) is 5. The number of aromatic hydroxyl groups is 2. The Hall–Kier alpha value is -3.02. The molecule has 0 radical (unpaired) electrons. The van der Waals surface area contributed by atoms with Crippen LogP contribution in [0, 0.1) is 0 Å². The molecule has 4 aromatic rings. The number of phenols is 2. The van der Waals surface area contributed by atoms with Gasteiger partial charge >= 0.3 is 0 Å². The minimum Gasteiger partial charge on any atom is -0.508 e. The third-order valence-electron chi connectivity index (χ3n) is 6.09. The van der Waals surface area contributed by atoms with E-state index in [0.717, 1.165) is 39.9 Å². The van der Waals surface area contributed by atoms with Crippen LogP contribution in [0.25, 0.3) is 20.5 Å². The van der Waals surface area contributed by atoms with Crippen molar-refractivity contribution in [3.05, 3.63) is 77.9 Å². The van der Waals surface area contributed by atoms with E-state index >= 15 is 0 Å². The van der Waals surface area contributed by atoms with Crippen LogP contribution in [0.15, 0.2) is 66.7 Å². The lowest BCUT2D eigenvalue weighted by atomic mass is 9.99. The van der Waals surface area contributed by atoms with E-state index in [-0.39, 0.29) is 11.5 Å². The van der Waals surface area contributed by atoms with Crippen LogP contribution in [0.3, 0.4) is 0 Å². The van der Waals surface area contributed by atoms with E-state index in [2.05, 4.69) is 17.0 Å². The Morgan fingerprint density at radius 1 is 0.844 bits per heavy atom. The maximum Gasteiger partial charge on any atom is 0.119 e. The van der Waals surface area contributed by atoms with Gasteiger partial charge in [-0.1, -0.05) is 12.1 Å². The normalized spacial score (nSPS) is 14.2. The van der Waals surface area contributed by atoms with Gasteiger partial charge in [-0.3, -0.25) is 4.90 Å². The second-order valence-electron chi connectivity index (χ2n) is 8.36. The third kappa shape index (κ3) is 4.59. The monoisotopic (exact) mass is 445 g/mol. The van der Waals surface area contributed by atoms with Crippen molar-refractivity contribution >= 4 is 21.4 Å². The van der Waals surface area contributed by atoms with Gasteiger partial charge in [0.15, 0.2) is 0 Å². The summed E-state index contributed by atoms with van der Waals surface area (Å²) in [5.41, 5.74) is 3.52. The van der Waals surface area contributed by atoms with Gasteiger partial charge in [0.05, 0.1) is 0 Å². The van der Waals surface area contributed by atoms with Crippen molar-refractivity contribution in [1.82, 2.24) is 4.90 Å². The molecule has 0 atom stereocenters. The Labute approximate surface area is 192 Å². The van der Waals surface area contributed by atoms with Crippen LogP contribution in [0.1, 0.15) is 24.0 Å². The number of likely N-dealkylation sites (tertiary alicyclic amines) is 1. The summed E-state index contributed by atoms with van der Waals surface area (Å²) in [4.78, 5) is 3.65. The molecule has 4 nitrogen and oxygen atoms in total. The van der Waals surface area contributed by atoms with Crippen molar-refractivity contribution in [3.8, 4) is 27.7 Å². The predicted molar refractivity (Wildman–Crippen MR) is 131 cm³/mol. The number of rotatable bonds is 7. The van der Waals surface area contributed by atoms with E-state index in [0.29, 0.717) is 6.61 Å². The van der Waals surface area contributed by atoms with E-state index in [1.54, 1.807) is 29.5 Å². The molecule has 5 rings (SSSR count). The van der Waals surface area contributed by atoms with Crippen molar-refractivity contribution in [1.29, 1.82) is 0 Å². The second-order valence-corrected chi connectivity index (χ2v) is 9.41. The molecule has 0 bridgehead atoms. The summed E-state index contributed by atoms with van der Waals surface area (Å²) >= 11 is 1.70. The second kappa shape index (κ2) is 9.23. The highest BCUT2D eigenvalue weighted by molar-refractivity contribution is 7.22. The standard InChI is InChI=1S/C27H27NO3S/c29-21-7-3-19(4-8-21)17-25-24-12-9-22(30)18-26(24)32-27(25)20-5-10-23(11-6-20)31-16-15-28-13-1-2-14-28/h3-12,18,29-30H,1-2,13-17H2. The molecule has 2 N–H and O–H groups in total. The number of benzene rings is 3. The summed E-state index contributed by atoms with van der Waals surface area (Å²) in [6.45, 7) is 4.08. The molecule has 5 heteroatoms. The molecule has 3 aromatic carbocycles. The summed E-state index contributed by atoms with van der Waals surface area (Å²) in [6, 6.07) is 21.3.